The number of rotatable bonds is 8. The molecule has 4 amide bonds. The smallest absolute Gasteiger partial charge is 0.321 e. The fraction of sp³-hybridized carbons (Fsp3) is 0.355. The number of aliphatic hydroxyl groups is 1. The van der Waals surface area contributed by atoms with Crippen molar-refractivity contribution in [1.82, 2.24) is 14.8 Å². The van der Waals surface area contributed by atoms with Crippen LogP contribution in [0.1, 0.15) is 29.8 Å². The number of carbonyl (C=O) groups is 3. The van der Waals surface area contributed by atoms with E-state index < -0.39 is 12.1 Å². The third kappa shape index (κ3) is 7.55. The number of nitrogens with one attached hydrogen (secondary N) is 2. The number of likely N-dealkylation sites (N-methyl/N-ethyl adjacent to an activating group) is 1. The molecule has 4 rings (SSSR count). The molecule has 0 aliphatic carbocycles. The molecule has 1 aliphatic rings. The number of nitrogens with zero attached hydrogens (tertiary/aromatic N) is 3. The van der Waals surface area contributed by atoms with Crippen LogP contribution in [0.3, 0.4) is 0 Å². The Morgan fingerprint density at radius 2 is 1.81 bits per heavy atom. The van der Waals surface area contributed by atoms with Crippen molar-refractivity contribution < 1.29 is 29.0 Å². The minimum atomic E-state index is -0.480. The number of hydrogen-bond acceptors (Lipinski definition) is 7. The van der Waals surface area contributed by atoms with E-state index in [0.29, 0.717) is 40.5 Å². The molecule has 2 aromatic carbocycles. The molecule has 0 bridgehead atoms. The highest BCUT2D eigenvalue weighted by Crippen LogP contribution is 2.29. The summed E-state index contributed by atoms with van der Waals surface area (Å²) in [5.41, 5.74) is 2.17. The molecule has 42 heavy (non-hydrogen) atoms. The van der Waals surface area contributed by atoms with E-state index in [-0.39, 0.29) is 43.3 Å². The number of amides is 4. The molecular formula is C31H37N5O6. The normalized spacial score (nSPS) is 17.5. The van der Waals surface area contributed by atoms with Crippen molar-refractivity contribution in [2.24, 2.45) is 5.92 Å². The Balaban J connectivity index is 1.57. The minimum absolute atomic E-state index is 0.0197. The number of aliphatic hydroxyl groups excluding tert-OH is 1. The number of pyridine rings is 1. The molecule has 0 fully saturated rings. The second kappa shape index (κ2) is 13.8. The lowest BCUT2D eigenvalue weighted by Gasteiger charge is -2.34. The van der Waals surface area contributed by atoms with Gasteiger partial charge in [0.1, 0.15) is 17.6 Å². The number of benzene rings is 2. The van der Waals surface area contributed by atoms with Gasteiger partial charge in [-0.25, -0.2) is 4.79 Å². The van der Waals surface area contributed by atoms with Crippen LogP contribution in [0.15, 0.2) is 67.0 Å². The molecule has 1 aromatic heterocycles. The van der Waals surface area contributed by atoms with Gasteiger partial charge in [0.2, 0.25) is 5.91 Å². The van der Waals surface area contributed by atoms with Gasteiger partial charge in [0.15, 0.2) is 0 Å². The predicted molar refractivity (Wildman–Crippen MR) is 159 cm³/mol. The van der Waals surface area contributed by atoms with Crippen LogP contribution in [0.2, 0.25) is 0 Å². The number of urea groups is 1. The summed E-state index contributed by atoms with van der Waals surface area (Å²) in [6.45, 7) is 4.12. The van der Waals surface area contributed by atoms with Crippen molar-refractivity contribution in [1.29, 1.82) is 0 Å². The maximum absolute atomic E-state index is 13.5. The zero-order chi connectivity index (χ0) is 30.2. The summed E-state index contributed by atoms with van der Waals surface area (Å²) < 4.78 is 11.7. The molecule has 11 nitrogen and oxygen atoms in total. The first-order valence-electron chi connectivity index (χ1n) is 13.8. The SMILES string of the molecule is COc1ccc(NC(=O)N(C)C[C@H]2Oc3ccc(NC(=O)c4ccncc4)cc3CC(=O)N([C@@H](C)CO)C[C@H]2C)cc1. The average Bonchev–Trinajstić information content (AvgIpc) is 3.04. The second-order valence-electron chi connectivity index (χ2n) is 10.4. The van der Waals surface area contributed by atoms with E-state index in [4.69, 9.17) is 9.47 Å². The van der Waals surface area contributed by atoms with Gasteiger partial charge in [0.05, 0.1) is 32.7 Å². The summed E-state index contributed by atoms with van der Waals surface area (Å²) >= 11 is 0. The van der Waals surface area contributed by atoms with E-state index in [0.717, 1.165) is 0 Å². The van der Waals surface area contributed by atoms with Gasteiger partial charge in [-0.1, -0.05) is 6.92 Å². The van der Waals surface area contributed by atoms with Crippen LogP contribution in [-0.2, 0) is 11.2 Å². The lowest BCUT2D eigenvalue weighted by molar-refractivity contribution is -0.134. The third-order valence-corrected chi connectivity index (χ3v) is 7.26. The number of methoxy groups -OCH3 is 1. The van der Waals surface area contributed by atoms with Gasteiger partial charge in [-0.2, -0.15) is 0 Å². The van der Waals surface area contributed by atoms with Gasteiger partial charge in [0, 0.05) is 54.4 Å². The van der Waals surface area contributed by atoms with E-state index in [9.17, 15) is 19.5 Å². The number of anilines is 2. The Hall–Kier alpha value is -4.64. The molecule has 0 spiro atoms. The van der Waals surface area contributed by atoms with E-state index in [1.165, 1.54) is 17.3 Å². The van der Waals surface area contributed by atoms with E-state index in [2.05, 4.69) is 15.6 Å². The molecule has 3 atom stereocenters. The van der Waals surface area contributed by atoms with Crippen molar-refractivity contribution in [3.63, 3.8) is 0 Å². The molecule has 0 saturated heterocycles. The summed E-state index contributed by atoms with van der Waals surface area (Å²) in [6.07, 6.45) is 2.62. The zero-order valence-electron chi connectivity index (χ0n) is 24.2. The fourth-order valence-electron chi connectivity index (χ4n) is 4.68. The van der Waals surface area contributed by atoms with E-state index in [1.54, 1.807) is 80.6 Å². The summed E-state index contributed by atoms with van der Waals surface area (Å²) in [6, 6.07) is 14.7. The molecule has 3 N–H and O–H groups in total. The number of ether oxygens (including phenoxy) is 2. The lowest BCUT2D eigenvalue weighted by Crippen LogP contribution is -2.48. The average molecular weight is 576 g/mol. The van der Waals surface area contributed by atoms with Gasteiger partial charge >= 0.3 is 6.03 Å². The molecule has 0 unspecified atom stereocenters. The highest BCUT2D eigenvalue weighted by atomic mass is 16.5. The Kier molecular flexibility index (Phi) is 9.98. The van der Waals surface area contributed by atoms with E-state index in [1.807, 2.05) is 6.92 Å². The van der Waals surface area contributed by atoms with Crippen LogP contribution in [-0.4, -0.2) is 83.7 Å². The number of aromatic nitrogens is 1. The summed E-state index contributed by atoms with van der Waals surface area (Å²) in [7, 11) is 3.26. The van der Waals surface area contributed by atoms with Crippen LogP contribution in [0.4, 0.5) is 16.2 Å². The van der Waals surface area contributed by atoms with E-state index >= 15 is 0 Å². The van der Waals surface area contributed by atoms with Gasteiger partial charge < -0.3 is 35.0 Å². The summed E-state index contributed by atoms with van der Waals surface area (Å²) in [4.78, 5) is 46.3. The first kappa shape index (κ1) is 30.3. The predicted octanol–water partition coefficient (Wildman–Crippen LogP) is 3.66. The van der Waals surface area contributed by atoms with Gasteiger partial charge in [0.25, 0.3) is 5.91 Å². The van der Waals surface area contributed by atoms with Gasteiger partial charge in [-0.3, -0.25) is 14.6 Å². The van der Waals surface area contributed by atoms with Crippen LogP contribution in [0.25, 0.3) is 0 Å². The Labute approximate surface area is 245 Å². The molecular weight excluding hydrogens is 538 g/mol. The zero-order valence-corrected chi connectivity index (χ0v) is 24.2. The topological polar surface area (TPSA) is 133 Å². The van der Waals surface area contributed by atoms with Crippen molar-refractivity contribution in [2.45, 2.75) is 32.4 Å². The first-order valence-corrected chi connectivity index (χ1v) is 13.8. The van der Waals surface area contributed by atoms with Crippen LogP contribution in [0, 0.1) is 5.92 Å². The Morgan fingerprint density at radius 1 is 1.12 bits per heavy atom. The maximum Gasteiger partial charge on any atom is 0.321 e. The molecule has 222 valence electrons. The maximum atomic E-state index is 13.5. The van der Waals surface area contributed by atoms with Crippen LogP contribution in [0.5, 0.6) is 11.5 Å². The van der Waals surface area contributed by atoms with Crippen molar-refractivity contribution in [2.75, 3.05) is 44.5 Å². The van der Waals surface area contributed by atoms with Crippen molar-refractivity contribution >= 4 is 29.2 Å². The largest absolute Gasteiger partial charge is 0.497 e. The standard InChI is InChI=1S/C31H37N5O6/c1-20-17-36(21(2)19-37)29(38)16-23-15-25(33-30(39)22-11-13-32-14-12-22)7-10-27(23)42-28(20)18-35(3)31(40)34-24-5-8-26(41-4)9-6-24/h5-15,20-21,28,37H,16-19H2,1-4H3,(H,33,39)(H,34,40)/t20-,21+,28-/m1/s1. The Bertz CT molecular complexity index is 1380. The molecule has 3 aromatic rings. The van der Waals surface area contributed by atoms with Crippen molar-refractivity contribution in [3.8, 4) is 11.5 Å². The summed E-state index contributed by atoms with van der Waals surface area (Å²) in [5, 5.41) is 15.6. The second-order valence-corrected chi connectivity index (χ2v) is 10.4. The Morgan fingerprint density at radius 3 is 2.48 bits per heavy atom. The summed E-state index contributed by atoms with van der Waals surface area (Å²) in [5.74, 6) is 0.515. The van der Waals surface area contributed by atoms with Crippen molar-refractivity contribution in [3.05, 3.63) is 78.1 Å². The van der Waals surface area contributed by atoms with Crippen LogP contribution < -0.4 is 20.1 Å². The van der Waals surface area contributed by atoms with Gasteiger partial charge in [-0.05, 0) is 61.5 Å². The minimum Gasteiger partial charge on any atom is -0.497 e. The number of fused-ring (bicyclic) bond motifs is 1. The number of carbonyl (C=O) groups excluding carboxylic acids is 3. The molecule has 1 aliphatic heterocycles. The third-order valence-electron chi connectivity index (χ3n) is 7.26. The molecule has 0 radical (unpaired) electrons. The number of hydrogen-bond donors (Lipinski definition) is 3. The van der Waals surface area contributed by atoms with Gasteiger partial charge in [-0.15, -0.1) is 0 Å². The molecule has 0 saturated carbocycles. The first-order chi connectivity index (χ1) is 20.2. The molecule has 2 heterocycles. The monoisotopic (exact) mass is 575 g/mol. The fourth-order valence-corrected chi connectivity index (χ4v) is 4.68. The highest BCUT2D eigenvalue weighted by Gasteiger charge is 2.32. The van der Waals surface area contributed by atoms with Crippen LogP contribution >= 0.6 is 0 Å². The quantitative estimate of drug-likeness (QED) is 0.373. The molecule has 11 heteroatoms. The highest BCUT2D eigenvalue weighted by molar-refractivity contribution is 6.04. The lowest BCUT2D eigenvalue weighted by atomic mass is 10.0.